The number of carbonyl (C=O) groups excluding carboxylic acids is 1. The topological polar surface area (TPSA) is 92.7 Å². The zero-order chi connectivity index (χ0) is 20.4. The molecule has 7 nitrogen and oxygen atoms in total. The number of aromatic nitrogens is 4. The average Bonchev–Trinajstić information content (AvgIpc) is 3.18. The van der Waals surface area contributed by atoms with E-state index in [0.29, 0.717) is 37.6 Å². The Hall–Kier alpha value is -2.81. The average molecular weight is 446 g/mol. The molecule has 0 saturated heterocycles. The number of hydrogen-bond acceptors (Lipinski definition) is 5. The van der Waals surface area contributed by atoms with E-state index in [0.717, 1.165) is 11.8 Å². The monoisotopic (exact) mass is 445 g/mol. The molecule has 0 spiro atoms. The van der Waals surface area contributed by atoms with Crippen molar-refractivity contribution in [2.24, 2.45) is 0 Å². The summed E-state index contributed by atoms with van der Waals surface area (Å²) in [5.41, 5.74) is 1.00. The Kier molecular flexibility index (Phi) is 5.57. The lowest BCUT2D eigenvalue weighted by molar-refractivity contribution is -0.113. The van der Waals surface area contributed by atoms with E-state index in [1.54, 1.807) is 48.5 Å². The van der Waals surface area contributed by atoms with Crippen LogP contribution in [0.1, 0.15) is 0 Å². The van der Waals surface area contributed by atoms with Gasteiger partial charge >= 0.3 is 0 Å². The molecule has 0 radical (unpaired) electrons. The van der Waals surface area contributed by atoms with Gasteiger partial charge in [-0.25, -0.2) is 4.98 Å². The van der Waals surface area contributed by atoms with E-state index in [-0.39, 0.29) is 17.2 Å². The van der Waals surface area contributed by atoms with E-state index in [2.05, 4.69) is 20.5 Å². The fraction of sp³-hybridized carbons (Fsp3) is 0.0526. The molecule has 2 aromatic heterocycles. The number of rotatable bonds is 5. The van der Waals surface area contributed by atoms with Gasteiger partial charge in [-0.3, -0.25) is 19.3 Å². The lowest BCUT2D eigenvalue weighted by Crippen LogP contribution is -2.23. The van der Waals surface area contributed by atoms with Crippen LogP contribution in [0, 0.1) is 0 Å². The molecular weight excluding hydrogens is 433 g/mol. The number of H-pyrrole nitrogens is 1. The van der Waals surface area contributed by atoms with Gasteiger partial charge in [0, 0.05) is 0 Å². The van der Waals surface area contributed by atoms with Crippen LogP contribution in [-0.2, 0) is 4.79 Å². The van der Waals surface area contributed by atoms with Crippen molar-refractivity contribution in [2.75, 3.05) is 11.1 Å². The van der Waals surface area contributed by atoms with Crippen LogP contribution in [-0.4, -0.2) is 31.4 Å². The smallest absolute Gasteiger partial charge is 0.269 e. The van der Waals surface area contributed by atoms with Gasteiger partial charge in [0.2, 0.25) is 5.91 Å². The molecule has 10 heteroatoms. The van der Waals surface area contributed by atoms with Crippen molar-refractivity contribution in [3.63, 3.8) is 0 Å². The van der Waals surface area contributed by atoms with Crippen LogP contribution in [0.3, 0.4) is 0 Å². The van der Waals surface area contributed by atoms with Gasteiger partial charge in [0.15, 0.2) is 10.8 Å². The Bertz CT molecular complexity index is 1270. The number of nitrogens with one attached hydrogen (secondary N) is 2. The molecule has 4 aromatic rings. The summed E-state index contributed by atoms with van der Waals surface area (Å²) in [6.45, 7) is 0. The fourth-order valence-electron chi connectivity index (χ4n) is 2.70. The first kappa shape index (κ1) is 19.5. The summed E-state index contributed by atoms with van der Waals surface area (Å²) < 4.78 is 1.38. The molecule has 0 atom stereocenters. The summed E-state index contributed by atoms with van der Waals surface area (Å²) in [7, 11) is 0. The van der Waals surface area contributed by atoms with E-state index in [4.69, 9.17) is 23.2 Å². The zero-order valence-electron chi connectivity index (χ0n) is 14.7. The highest BCUT2D eigenvalue weighted by Crippen LogP contribution is 2.26. The summed E-state index contributed by atoms with van der Waals surface area (Å²) in [4.78, 5) is 29.9. The van der Waals surface area contributed by atoms with Crippen LogP contribution in [0.4, 0.5) is 5.69 Å². The second kappa shape index (κ2) is 8.28. The van der Waals surface area contributed by atoms with E-state index >= 15 is 0 Å². The SMILES string of the molecule is O=C(CSc1nc2[nH]ncc2c(=O)n1-c1ccccc1Cl)Nc1ccccc1Cl. The van der Waals surface area contributed by atoms with Crippen molar-refractivity contribution >= 4 is 57.6 Å². The number of aromatic amines is 1. The molecule has 29 heavy (non-hydrogen) atoms. The maximum atomic E-state index is 13.0. The molecule has 0 fully saturated rings. The molecule has 146 valence electrons. The molecule has 0 aliphatic heterocycles. The first-order valence-electron chi connectivity index (χ1n) is 8.43. The summed E-state index contributed by atoms with van der Waals surface area (Å²) in [5, 5.41) is 10.8. The Balaban J connectivity index is 1.67. The molecule has 4 rings (SSSR count). The number of nitrogens with zero attached hydrogens (tertiary/aromatic N) is 3. The van der Waals surface area contributed by atoms with Crippen LogP contribution in [0.15, 0.2) is 64.7 Å². The number of thioether (sulfide) groups is 1. The van der Waals surface area contributed by atoms with Crippen LogP contribution in [0.25, 0.3) is 16.7 Å². The number of anilines is 1. The van der Waals surface area contributed by atoms with Crippen LogP contribution in [0.2, 0.25) is 10.0 Å². The minimum Gasteiger partial charge on any atom is -0.324 e. The number of hydrogen-bond donors (Lipinski definition) is 2. The molecule has 0 bridgehead atoms. The van der Waals surface area contributed by atoms with E-state index in [1.165, 1.54) is 10.8 Å². The predicted octanol–water partition coefficient (Wildman–Crippen LogP) is 4.15. The normalized spacial score (nSPS) is 11.0. The quantitative estimate of drug-likeness (QED) is 0.355. The van der Waals surface area contributed by atoms with Gasteiger partial charge in [-0.05, 0) is 24.3 Å². The summed E-state index contributed by atoms with van der Waals surface area (Å²) >= 11 is 13.5. The zero-order valence-corrected chi connectivity index (χ0v) is 17.1. The van der Waals surface area contributed by atoms with Crippen molar-refractivity contribution in [3.8, 4) is 5.69 Å². The summed E-state index contributed by atoms with van der Waals surface area (Å²) in [6.07, 6.45) is 1.41. The van der Waals surface area contributed by atoms with Gasteiger partial charge in [0.05, 0.1) is 33.4 Å². The third-order valence-corrected chi connectivity index (χ3v) is 5.61. The van der Waals surface area contributed by atoms with Crippen molar-refractivity contribution in [1.29, 1.82) is 0 Å². The molecule has 0 saturated carbocycles. The van der Waals surface area contributed by atoms with Gasteiger partial charge in [-0.15, -0.1) is 0 Å². The molecule has 2 N–H and O–H groups in total. The van der Waals surface area contributed by atoms with Crippen LogP contribution >= 0.6 is 35.0 Å². The van der Waals surface area contributed by atoms with Crippen molar-refractivity contribution in [2.45, 2.75) is 5.16 Å². The van der Waals surface area contributed by atoms with Crippen LogP contribution in [0.5, 0.6) is 0 Å². The van der Waals surface area contributed by atoms with Gasteiger partial charge in [0.25, 0.3) is 5.56 Å². The number of halogens is 2. The van der Waals surface area contributed by atoms with Gasteiger partial charge in [0.1, 0.15) is 5.39 Å². The summed E-state index contributed by atoms with van der Waals surface area (Å²) in [5.74, 6) is -0.269. The van der Waals surface area contributed by atoms with E-state index in [9.17, 15) is 9.59 Å². The fourth-order valence-corrected chi connectivity index (χ4v) is 3.90. The highest BCUT2D eigenvalue weighted by atomic mass is 35.5. The predicted molar refractivity (Wildman–Crippen MR) is 115 cm³/mol. The van der Waals surface area contributed by atoms with Crippen molar-refractivity contribution < 1.29 is 4.79 Å². The molecular formula is C19H13Cl2N5O2S. The molecule has 0 unspecified atom stereocenters. The minimum absolute atomic E-state index is 0.0156. The van der Waals surface area contributed by atoms with E-state index in [1.807, 2.05) is 0 Å². The summed E-state index contributed by atoms with van der Waals surface area (Å²) in [6, 6.07) is 13.9. The number of carbonyl (C=O) groups is 1. The number of amides is 1. The Labute approximate surface area is 179 Å². The molecule has 2 heterocycles. The van der Waals surface area contributed by atoms with Gasteiger partial charge < -0.3 is 5.32 Å². The number of benzene rings is 2. The van der Waals surface area contributed by atoms with Gasteiger partial charge in [-0.2, -0.15) is 5.10 Å². The molecule has 0 aliphatic rings. The van der Waals surface area contributed by atoms with Crippen molar-refractivity contribution in [1.82, 2.24) is 19.7 Å². The third-order valence-electron chi connectivity index (χ3n) is 4.03. The lowest BCUT2D eigenvalue weighted by atomic mass is 10.3. The van der Waals surface area contributed by atoms with Crippen LogP contribution < -0.4 is 10.9 Å². The standard InChI is InChI=1S/C19H13Cl2N5O2S/c20-12-5-1-3-7-14(12)23-16(27)10-29-19-24-17-11(9-22-25-17)18(28)26(19)15-8-4-2-6-13(15)21/h1-9H,10H2,(H,22,25)(H,23,27). The highest BCUT2D eigenvalue weighted by molar-refractivity contribution is 7.99. The molecule has 2 aromatic carbocycles. The Morgan fingerprint density at radius 1 is 1.10 bits per heavy atom. The number of para-hydroxylation sites is 2. The Morgan fingerprint density at radius 2 is 1.83 bits per heavy atom. The first-order valence-corrected chi connectivity index (χ1v) is 10.2. The molecule has 1 amide bonds. The largest absolute Gasteiger partial charge is 0.324 e. The second-order valence-electron chi connectivity index (χ2n) is 5.94. The first-order chi connectivity index (χ1) is 14.0. The number of fused-ring (bicyclic) bond motifs is 1. The lowest BCUT2D eigenvalue weighted by Gasteiger charge is -2.13. The minimum atomic E-state index is -0.328. The van der Waals surface area contributed by atoms with E-state index < -0.39 is 0 Å². The maximum Gasteiger partial charge on any atom is 0.269 e. The van der Waals surface area contributed by atoms with Crippen molar-refractivity contribution in [3.05, 3.63) is 75.1 Å². The highest BCUT2D eigenvalue weighted by Gasteiger charge is 2.17. The third kappa shape index (κ3) is 4.00. The second-order valence-corrected chi connectivity index (χ2v) is 7.69. The van der Waals surface area contributed by atoms with Gasteiger partial charge in [-0.1, -0.05) is 59.2 Å². The maximum absolute atomic E-state index is 13.0. The molecule has 0 aliphatic carbocycles. The Morgan fingerprint density at radius 3 is 2.59 bits per heavy atom.